The van der Waals surface area contributed by atoms with Crippen molar-refractivity contribution < 1.29 is 17.0 Å². The van der Waals surface area contributed by atoms with E-state index in [2.05, 4.69) is 10.2 Å². The van der Waals surface area contributed by atoms with E-state index < -0.39 is 15.2 Å². The van der Waals surface area contributed by atoms with E-state index >= 15 is 0 Å². The predicted octanol–water partition coefficient (Wildman–Crippen LogP) is -0.385. The van der Waals surface area contributed by atoms with E-state index in [0.29, 0.717) is 0 Å². The molecule has 0 saturated heterocycles. The zero-order valence-corrected chi connectivity index (χ0v) is 5.30. The first-order valence-electron chi connectivity index (χ1n) is 1.91. The summed E-state index contributed by atoms with van der Waals surface area (Å²) < 4.78 is 31.6. The predicted molar refractivity (Wildman–Crippen MR) is 27.2 cm³/mol. The van der Waals surface area contributed by atoms with Crippen molar-refractivity contribution in [2.45, 2.75) is 5.03 Å². The summed E-state index contributed by atoms with van der Waals surface area (Å²) in [5.74, 6) is 0. The van der Waals surface area contributed by atoms with E-state index in [-0.39, 0.29) is 4.70 Å². The molecule has 1 rings (SSSR count). The van der Waals surface area contributed by atoms with Gasteiger partial charge in [0.1, 0.15) is 0 Å². The van der Waals surface area contributed by atoms with Gasteiger partial charge in [-0.05, 0) is 0 Å². The van der Waals surface area contributed by atoms with E-state index in [1.165, 1.54) is 0 Å². The van der Waals surface area contributed by atoms with Crippen LogP contribution in [0.3, 0.4) is 0 Å². The zero-order valence-electron chi connectivity index (χ0n) is 4.48. The highest BCUT2D eigenvalue weighted by atomic mass is 32.3. The fourth-order valence-corrected chi connectivity index (χ4v) is 0.637. The summed E-state index contributed by atoms with van der Waals surface area (Å²) in [6, 6.07) is 0. The van der Waals surface area contributed by atoms with Crippen LogP contribution in [-0.4, -0.2) is 23.8 Å². The number of rotatable bonds is 1. The molecule has 1 heterocycles. The molecule has 0 aliphatic rings. The van der Waals surface area contributed by atoms with Crippen molar-refractivity contribution in [2.75, 3.05) is 0 Å². The molecule has 0 fully saturated rings. The summed E-state index contributed by atoms with van der Waals surface area (Å²) in [5, 5.41) is 7.35. The van der Waals surface area contributed by atoms with Gasteiger partial charge in [-0.25, -0.2) is 0 Å². The van der Waals surface area contributed by atoms with Crippen molar-refractivity contribution in [3.63, 3.8) is 0 Å². The van der Waals surface area contributed by atoms with Gasteiger partial charge in [-0.15, -0.1) is 5.10 Å². The van der Waals surface area contributed by atoms with Crippen LogP contribution in [0.4, 0.5) is 8.59 Å². The minimum Gasteiger partial charge on any atom is -0.269 e. The molecule has 0 aliphatic carbocycles. The quantitative estimate of drug-likeness (QED) is 0.584. The fourth-order valence-electron chi connectivity index (χ4n) is 0.309. The van der Waals surface area contributed by atoms with E-state index in [1.807, 2.05) is 5.21 Å². The van der Waals surface area contributed by atoms with Gasteiger partial charge < -0.3 is 0 Å². The van der Waals surface area contributed by atoms with Crippen molar-refractivity contribution in [1.82, 2.24) is 15.4 Å². The first-order chi connectivity index (χ1) is 4.11. The minimum atomic E-state index is -4.66. The minimum absolute atomic E-state index is 0. The first-order valence-corrected chi connectivity index (χ1v) is 3.29. The van der Waals surface area contributed by atoms with Crippen LogP contribution in [0, 0.1) is 0 Å². The summed E-state index contributed by atoms with van der Waals surface area (Å²) in [5.41, 5.74) is 0. The maximum Gasteiger partial charge on any atom is 0.353 e. The third-order valence-electron chi connectivity index (χ3n) is 0.643. The van der Waals surface area contributed by atoms with Crippen LogP contribution >= 0.6 is 0 Å². The average molecular weight is 171 g/mol. The summed E-state index contributed by atoms with van der Waals surface area (Å²) >= 11 is 0. The number of H-pyrrole nitrogens is 1. The molecule has 58 valence electrons. The molecule has 1 aromatic rings. The van der Waals surface area contributed by atoms with Crippen LogP contribution in [-0.2, 0) is 10.2 Å². The number of hydrogen-bond donors (Lipinski definition) is 1. The van der Waals surface area contributed by atoms with Crippen molar-refractivity contribution in [2.24, 2.45) is 0 Å². The highest BCUT2D eigenvalue weighted by Gasteiger charge is 2.13. The number of aromatic amines is 1. The molecule has 0 unspecified atom stereocenters. The smallest absolute Gasteiger partial charge is 0.269 e. The molecular weight excluding hydrogens is 168 g/mol. The van der Waals surface area contributed by atoms with Gasteiger partial charge in [0.25, 0.3) is 0 Å². The highest BCUT2D eigenvalue weighted by molar-refractivity contribution is 7.86. The summed E-state index contributed by atoms with van der Waals surface area (Å²) in [6.45, 7) is 0. The molecule has 0 aromatic carbocycles. The van der Waals surface area contributed by atoms with Gasteiger partial charge in [-0.2, -0.15) is 18.7 Å². The fraction of sp³-hybridized carbons (Fsp3) is 0. The molecule has 1 N–H and O–H groups in total. The van der Waals surface area contributed by atoms with Crippen molar-refractivity contribution in [3.05, 3.63) is 6.20 Å². The molecule has 0 spiro atoms. The van der Waals surface area contributed by atoms with Gasteiger partial charge in [-0.3, -0.25) is 4.70 Å². The Morgan fingerprint density at radius 1 is 1.60 bits per heavy atom. The summed E-state index contributed by atoms with van der Waals surface area (Å²) in [6.07, 6.45) is 0.787. The van der Waals surface area contributed by atoms with Crippen molar-refractivity contribution in [3.8, 4) is 0 Å². The summed E-state index contributed by atoms with van der Waals surface area (Å²) in [7, 11) is -4.66. The van der Waals surface area contributed by atoms with E-state index in [0.717, 1.165) is 6.20 Å². The molecule has 1 aromatic heterocycles. The van der Waals surface area contributed by atoms with Crippen LogP contribution in [0.25, 0.3) is 0 Å². The SMILES string of the molecule is F.O=S(=O)(F)c1cn[nH]n1. The number of nitrogens with one attached hydrogen (secondary N) is 1. The summed E-state index contributed by atoms with van der Waals surface area (Å²) in [4.78, 5) is 0. The molecule has 10 heavy (non-hydrogen) atoms. The Morgan fingerprint density at radius 3 is 2.40 bits per heavy atom. The van der Waals surface area contributed by atoms with E-state index in [4.69, 9.17) is 0 Å². The Hall–Kier alpha value is -1.05. The molecule has 0 aliphatic heterocycles. The first kappa shape index (κ1) is 8.95. The second kappa shape index (κ2) is 2.69. The van der Waals surface area contributed by atoms with Gasteiger partial charge in [0.15, 0.2) is 0 Å². The van der Waals surface area contributed by atoms with Gasteiger partial charge in [-0.1, -0.05) is 3.89 Å². The van der Waals surface area contributed by atoms with Gasteiger partial charge >= 0.3 is 10.2 Å². The molecule has 0 atom stereocenters. The van der Waals surface area contributed by atoms with Crippen molar-refractivity contribution in [1.29, 1.82) is 0 Å². The maximum absolute atomic E-state index is 11.8. The van der Waals surface area contributed by atoms with Crippen LogP contribution in [0.5, 0.6) is 0 Å². The molecule has 0 amide bonds. The highest BCUT2D eigenvalue weighted by Crippen LogP contribution is 2.03. The lowest BCUT2D eigenvalue weighted by atomic mass is 11.0. The Kier molecular flexibility index (Phi) is 2.41. The molecule has 0 saturated carbocycles. The Morgan fingerprint density at radius 2 is 2.20 bits per heavy atom. The third-order valence-corrected chi connectivity index (χ3v) is 1.34. The lowest BCUT2D eigenvalue weighted by Gasteiger charge is -1.78. The van der Waals surface area contributed by atoms with E-state index in [1.54, 1.807) is 0 Å². The third kappa shape index (κ3) is 1.72. The monoisotopic (exact) mass is 171 g/mol. The number of nitrogens with zero attached hydrogens (tertiary/aromatic N) is 2. The van der Waals surface area contributed by atoms with Gasteiger partial charge in [0.2, 0.25) is 5.03 Å². The zero-order chi connectivity index (χ0) is 6.91. The van der Waals surface area contributed by atoms with Crippen molar-refractivity contribution >= 4 is 10.2 Å². The van der Waals surface area contributed by atoms with Crippen LogP contribution in [0.15, 0.2) is 11.2 Å². The second-order valence-corrected chi connectivity index (χ2v) is 2.54. The molecule has 0 bridgehead atoms. The van der Waals surface area contributed by atoms with Crippen LogP contribution in [0.2, 0.25) is 0 Å². The number of halogens is 2. The van der Waals surface area contributed by atoms with Gasteiger partial charge in [0.05, 0.1) is 6.20 Å². The Balaban J connectivity index is 0.000000810. The number of hydrogen-bond acceptors (Lipinski definition) is 4. The topological polar surface area (TPSA) is 75.7 Å². The standard InChI is InChI=1S/C2H2FN3O2S.FH/c3-9(7,8)2-1-4-6-5-2;/h1H,(H,4,5,6);1H. The molecule has 8 heteroatoms. The molecule has 5 nitrogen and oxygen atoms in total. The number of aromatic nitrogens is 3. The average Bonchev–Trinajstić information content (AvgIpc) is 2.08. The lowest BCUT2D eigenvalue weighted by Crippen LogP contribution is -1.90. The molecular formula is C2H3F2N3O2S. The Bertz CT molecular complexity index is 279. The Labute approximate surface area is 54.8 Å². The van der Waals surface area contributed by atoms with Crippen LogP contribution in [0.1, 0.15) is 0 Å². The van der Waals surface area contributed by atoms with E-state index in [9.17, 15) is 12.3 Å². The van der Waals surface area contributed by atoms with Crippen LogP contribution < -0.4 is 0 Å². The lowest BCUT2D eigenvalue weighted by molar-refractivity contribution is 0.547. The molecule has 0 radical (unpaired) electrons. The normalized spacial score (nSPS) is 10.5. The second-order valence-electron chi connectivity index (χ2n) is 1.25. The van der Waals surface area contributed by atoms with Gasteiger partial charge in [0, 0.05) is 0 Å². The maximum atomic E-state index is 11.8. The largest absolute Gasteiger partial charge is 0.353 e.